The molecule has 0 radical (unpaired) electrons. The van der Waals surface area contributed by atoms with Crippen molar-refractivity contribution in [3.63, 3.8) is 0 Å². The second kappa shape index (κ2) is 5.81. The fourth-order valence-electron chi connectivity index (χ4n) is 8.95. The molecule has 0 aromatic heterocycles. The van der Waals surface area contributed by atoms with Crippen molar-refractivity contribution in [1.29, 1.82) is 0 Å². The first-order valence-electron chi connectivity index (χ1n) is 11.5. The van der Waals surface area contributed by atoms with Crippen LogP contribution in [-0.2, 0) is 14.3 Å². The summed E-state index contributed by atoms with van der Waals surface area (Å²) >= 11 is 0. The normalized spacial score (nSPS) is 56.6. The second-order valence-electron chi connectivity index (χ2n) is 11.6. The fourth-order valence-corrected chi connectivity index (χ4v) is 8.95. The van der Waals surface area contributed by atoms with Crippen molar-refractivity contribution >= 4 is 5.78 Å². The molecule has 0 unspecified atom stereocenters. The third kappa shape index (κ3) is 2.56. The summed E-state index contributed by atoms with van der Waals surface area (Å²) in [5, 5.41) is 0. The number of Topliss-reactive ketones (excluding diaryl/α,β-unsaturated/α-hetero) is 1. The number of rotatable bonds is 0. The molecule has 0 aromatic carbocycles. The van der Waals surface area contributed by atoms with E-state index in [1.165, 1.54) is 32.1 Å². The van der Waals surface area contributed by atoms with Gasteiger partial charge in [0.25, 0.3) is 0 Å². The maximum Gasteiger partial charge on any atom is 0.163 e. The lowest BCUT2D eigenvalue weighted by atomic mass is 9.44. The molecule has 152 valence electrons. The molecule has 3 nitrogen and oxygen atoms in total. The van der Waals surface area contributed by atoms with Gasteiger partial charge in [0.1, 0.15) is 5.78 Å². The average Bonchev–Trinajstić information content (AvgIpc) is 2.86. The van der Waals surface area contributed by atoms with Gasteiger partial charge < -0.3 is 9.47 Å². The van der Waals surface area contributed by atoms with Gasteiger partial charge in [0, 0.05) is 18.8 Å². The van der Waals surface area contributed by atoms with E-state index >= 15 is 0 Å². The quantitative estimate of drug-likeness (QED) is 0.572. The molecule has 4 saturated carbocycles. The highest BCUT2D eigenvalue weighted by atomic mass is 16.7. The van der Waals surface area contributed by atoms with Crippen LogP contribution in [0, 0.1) is 40.4 Å². The molecule has 5 aliphatic rings. The van der Waals surface area contributed by atoms with Gasteiger partial charge in [-0.25, -0.2) is 0 Å². The van der Waals surface area contributed by atoms with Crippen LogP contribution in [0.25, 0.3) is 0 Å². The maximum absolute atomic E-state index is 12.1. The number of ketones is 1. The van der Waals surface area contributed by atoms with Crippen LogP contribution in [0.3, 0.4) is 0 Å². The third-order valence-corrected chi connectivity index (χ3v) is 9.98. The first-order valence-corrected chi connectivity index (χ1v) is 11.5. The number of carbonyl (C=O) groups is 1. The van der Waals surface area contributed by atoms with Crippen molar-refractivity contribution in [3.05, 3.63) is 0 Å². The zero-order chi connectivity index (χ0) is 19.2. The Morgan fingerprint density at radius 2 is 1.70 bits per heavy atom. The molecule has 1 saturated heterocycles. The van der Waals surface area contributed by atoms with Gasteiger partial charge in [-0.3, -0.25) is 4.79 Å². The van der Waals surface area contributed by atoms with E-state index in [4.69, 9.17) is 9.47 Å². The van der Waals surface area contributed by atoms with Gasteiger partial charge >= 0.3 is 0 Å². The average molecular weight is 375 g/mol. The standard InChI is InChI=1S/C24H38O3/c1-14-21-20(27-22(2,3)26-14)13-19-17-7-6-15-12-16(25)8-10-23(15,4)18(17)9-11-24(19,21)5/h14-15,17-21H,6-13H2,1-5H3/t14-,15-,17+,18-,19-,20-,21-,23-,24-/m0/s1. The molecule has 0 aromatic rings. The molecule has 1 heterocycles. The molecule has 5 rings (SSSR count). The minimum Gasteiger partial charge on any atom is -0.347 e. The summed E-state index contributed by atoms with van der Waals surface area (Å²) in [5.74, 6) is 3.65. The van der Waals surface area contributed by atoms with E-state index in [1.807, 2.05) is 0 Å². The van der Waals surface area contributed by atoms with Crippen LogP contribution in [0.15, 0.2) is 0 Å². The van der Waals surface area contributed by atoms with E-state index in [-0.39, 0.29) is 6.10 Å². The lowest BCUT2D eigenvalue weighted by molar-refractivity contribution is -0.320. The maximum atomic E-state index is 12.1. The molecule has 9 atom stereocenters. The molecule has 0 bridgehead atoms. The predicted molar refractivity (Wildman–Crippen MR) is 105 cm³/mol. The van der Waals surface area contributed by atoms with E-state index < -0.39 is 5.79 Å². The van der Waals surface area contributed by atoms with Gasteiger partial charge in [-0.1, -0.05) is 13.8 Å². The number of carbonyl (C=O) groups excluding carboxylic acids is 1. The van der Waals surface area contributed by atoms with E-state index in [2.05, 4.69) is 34.6 Å². The number of hydrogen-bond donors (Lipinski definition) is 0. The molecular formula is C24H38O3. The molecule has 5 fully saturated rings. The van der Waals surface area contributed by atoms with Crippen molar-refractivity contribution in [2.24, 2.45) is 40.4 Å². The molecule has 1 aliphatic heterocycles. The zero-order valence-corrected chi connectivity index (χ0v) is 17.9. The van der Waals surface area contributed by atoms with Crippen molar-refractivity contribution < 1.29 is 14.3 Å². The summed E-state index contributed by atoms with van der Waals surface area (Å²) in [6.45, 7) is 11.5. The summed E-state index contributed by atoms with van der Waals surface area (Å²) in [5.41, 5.74) is 0.754. The lowest BCUT2D eigenvalue weighted by Gasteiger charge is -2.60. The van der Waals surface area contributed by atoms with E-state index in [9.17, 15) is 4.79 Å². The highest BCUT2D eigenvalue weighted by Crippen LogP contribution is 2.68. The second-order valence-corrected chi connectivity index (χ2v) is 11.6. The van der Waals surface area contributed by atoms with Gasteiger partial charge in [-0.2, -0.15) is 0 Å². The van der Waals surface area contributed by atoms with Gasteiger partial charge in [-0.15, -0.1) is 0 Å². The molecule has 0 N–H and O–H groups in total. The summed E-state index contributed by atoms with van der Waals surface area (Å²) in [4.78, 5) is 12.1. The van der Waals surface area contributed by atoms with Crippen molar-refractivity contribution in [3.8, 4) is 0 Å². The Bertz CT molecular complexity index is 642. The first kappa shape index (κ1) is 18.6. The minimum absolute atomic E-state index is 0.282. The highest BCUT2D eigenvalue weighted by molar-refractivity contribution is 5.79. The topological polar surface area (TPSA) is 35.5 Å². The van der Waals surface area contributed by atoms with Crippen LogP contribution in [0.1, 0.15) is 86.0 Å². The van der Waals surface area contributed by atoms with Gasteiger partial charge in [0.15, 0.2) is 5.79 Å². The Hall–Kier alpha value is -0.410. The van der Waals surface area contributed by atoms with Crippen LogP contribution in [0.5, 0.6) is 0 Å². The first-order chi connectivity index (χ1) is 12.6. The van der Waals surface area contributed by atoms with Gasteiger partial charge in [0.2, 0.25) is 0 Å². The summed E-state index contributed by atoms with van der Waals surface area (Å²) in [6, 6.07) is 0. The number of fused-ring (bicyclic) bond motifs is 7. The van der Waals surface area contributed by atoms with Crippen LogP contribution >= 0.6 is 0 Å². The van der Waals surface area contributed by atoms with E-state index in [1.54, 1.807) is 0 Å². The molecule has 3 heteroatoms. The van der Waals surface area contributed by atoms with E-state index in [0.717, 1.165) is 37.0 Å². The Morgan fingerprint density at radius 1 is 0.926 bits per heavy atom. The molecule has 4 aliphatic carbocycles. The van der Waals surface area contributed by atoms with Crippen molar-refractivity contribution in [1.82, 2.24) is 0 Å². The third-order valence-electron chi connectivity index (χ3n) is 9.98. The van der Waals surface area contributed by atoms with Crippen molar-refractivity contribution in [2.45, 2.75) is 104 Å². The smallest absolute Gasteiger partial charge is 0.163 e. The summed E-state index contributed by atoms with van der Waals surface area (Å²) in [6.07, 6.45) is 9.93. The number of hydrogen-bond acceptors (Lipinski definition) is 3. The highest BCUT2D eigenvalue weighted by Gasteiger charge is 2.65. The van der Waals surface area contributed by atoms with Crippen LogP contribution < -0.4 is 0 Å². The van der Waals surface area contributed by atoms with Crippen LogP contribution in [-0.4, -0.2) is 23.8 Å². The molecular weight excluding hydrogens is 336 g/mol. The van der Waals surface area contributed by atoms with Gasteiger partial charge in [-0.05, 0) is 93.8 Å². The van der Waals surface area contributed by atoms with Crippen LogP contribution in [0.4, 0.5) is 0 Å². The van der Waals surface area contributed by atoms with Crippen LogP contribution in [0.2, 0.25) is 0 Å². The number of ether oxygens (including phenoxy) is 2. The zero-order valence-electron chi connectivity index (χ0n) is 17.9. The van der Waals surface area contributed by atoms with Crippen molar-refractivity contribution in [2.75, 3.05) is 0 Å². The SMILES string of the molecule is C[C@@H]1OC(C)(C)O[C@H]2C[C@H]3[C@@H]4CC[C@H]5CC(=O)CC[C@]5(C)[C@H]4CC[C@]3(C)[C@@H]12. The molecule has 0 amide bonds. The monoisotopic (exact) mass is 374 g/mol. The molecule has 0 spiro atoms. The Balaban J connectivity index is 1.45. The Labute approximate surface area is 164 Å². The predicted octanol–water partition coefficient (Wildman–Crippen LogP) is 5.36. The molecule has 27 heavy (non-hydrogen) atoms. The largest absolute Gasteiger partial charge is 0.347 e. The Kier molecular flexibility index (Phi) is 4.01. The summed E-state index contributed by atoms with van der Waals surface area (Å²) in [7, 11) is 0. The van der Waals surface area contributed by atoms with Gasteiger partial charge in [0.05, 0.1) is 12.2 Å². The lowest BCUT2D eigenvalue weighted by Crippen LogP contribution is -2.55. The minimum atomic E-state index is -0.447. The van der Waals surface area contributed by atoms with E-state index in [0.29, 0.717) is 34.6 Å². The fraction of sp³-hybridized carbons (Fsp3) is 0.958. The Morgan fingerprint density at radius 3 is 2.48 bits per heavy atom. The summed E-state index contributed by atoms with van der Waals surface area (Å²) < 4.78 is 12.8.